The lowest BCUT2D eigenvalue weighted by atomic mass is 10.2. The van der Waals surface area contributed by atoms with Gasteiger partial charge in [0.05, 0.1) is 48.2 Å². The molecule has 4 rings (SSSR count). The summed E-state index contributed by atoms with van der Waals surface area (Å²) in [7, 11) is 0. The Bertz CT molecular complexity index is 1040. The number of benzene rings is 1. The number of hydrogen-bond acceptors (Lipinski definition) is 6. The molecule has 1 saturated heterocycles. The van der Waals surface area contributed by atoms with E-state index in [1.807, 2.05) is 12.3 Å². The van der Waals surface area contributed by atoms with E-state index in [9.17, 15) is 9.18 Å². The topological polar surface area (TPSA) is 77.5 Å². The number of rotatable bonds is 6. The minimum absolute atomic E-state index is 0.236. The molecule has 0 aliphatic carbocycles. The van der Waals surface area contributed by atoms with Gasteiger partial charge in [0.15, 0.2) is 0 Å². The zero-order valence-corrected chi connectivity index (χ0v) is 15.4. The quantitative estimate of drug-likeness (QED) is 0.471. The Kier molecular flexibility index (Phi) is 4.96. The minimum atomic E-state index is -0.541. The van der Waals surface area contributed by atoms with Crippen molar-refractivity contribution in [2.75, 3.05) is 18.0 Å². The first-order chi connectivity index (χ1) is 13.6. The predicted octanol–water partition coefficient (Wildman–Crippen LogP) is 2.68. The third-order valence-corrected chi connectivity index (χ3v) is 4.40. The second kappa shape index (κ2) is 7.71. The number of anilines is 1. The van der Waals surface area contributed by atoms with Crippen LogP contribution in [0.5, 0.6) is 0 Å². The van der Waals surface area contributed by atoms with Crippen molar-refractivity contribution in [1.29, 1.82) is 0 Å². The van der Waals surface area contributed by atoms with Crippen molar-refractivity contribution < 1.29 is 13.9 Å². The van der Waals surface area contributed by atoms with Gasteiger partial charge in [0.2, 0.25) is 0 Å². The summed E-state index contributed by atoms with van der Waals surface area (Å²) in [6.45, 7) is 1.00. The number of hydrogen-bond donors (Lipinski definition) is 0. The highest BCUT2D eigenvalue weighted by Gasteiger charge is 2.32. The molecular formula is C18H15FN6O2S. The van der Waals surface area contributed by atoms with E-state index >= 15 is 0 Å². The zero-order chi connectivity index (χ0) is 19.5. The molecule has 10 heteroatoms. The highest BCUT2D eigenvalue weighted by molar-refractivity contribution is 7.78. The Hall–Kier alpha value is -3.36. The number of carbonyl (C=O) groups excluding carboxylic acids is 1. The molecule has 0 bridgehead atoms. The van der Waals surface area contributed by atoms with Gasteiger partial charge >= 0.3 is 6.09 Å². The molecule has 1 atom stereocenters. The highest BCUT2D eigenvalue weighted by atomic mass is 32.1. The van der Waals surface area contributed by atoms with Crippen LogP contribution >= 0.6 is 12.2 Å². The maximum Gasteiger partial charge on any atom is 0.414 e. The fourth-order valence-corrected chi connectivity index (χ4v) is 3.05. The second-order valence-corrected chi connectivity index (χ2v) is 6.34. The maximum absolute atomic E-state index is 14.7. The van der Waals surface area contributed by atoms with Gasteiger partial charge in [-0.25, -0.2) is 19.2 Å². The SMILES string of the molecule is O=C1OC(CN=C=S)CN1c1ccc(-n2cnc(Cn3cccn3)c2)c(F)c1. The molecule has 0 radical (unpaired) electrons. The van der Waals surface area contributed by atoms with Crippen molar-refractivity contribution in [2.45, 2.75) is 12.6 Å². The number of isothiocyanates is 1. The van der Waals surface area contributed by atoms with Gasteiger partial charge in [-0.1, -0.05) is 0 Å². The Morgan fingerprint density at radius 2 is 2.32 bits per heavy atom. The lowest BCUT2D eigenvalue weighted by molar-refractivity contribution is 0.145. The van der Waals surface area contributed by atoms with Crippen LogP contribution < -0.4 is 4.90 Å². The average molecular weight is 398 g/mol. The van der Waals surface area contributed by atoms with Gasteiger partial charge < -0.3 is 9.30 Å². The predicted molar refractivity (Wildman–Crippen MR) is 102 cm³/mol. The number of imidazole rings is 1. The highest BCUT2D eigenvalue weighted by Crippen LogP contribution is 2.25. The molecule has 1 aliphatic rings. The third kappa shape index (κ3) is 3.68. The molecule has 1 aliphatic heterocycles. The number of aromatic nitrogens is 4. The first-order valence-corrected chi connectivity index (χ1v) is 8.87. The van der Waals surface area contributed by atoms with Crippen LogP contribution in [0.25, 0.3) is 5.69 Å². The Morgan fingerprint density at radius 1 is 1.43 bits per heavy atom. The lowest BCUT2D eigenvalue weighted by Gasteiger charge is -2.14. The van der Waals surface area contributed by atoms with Crippen molar-refractivity contribution in [3.05, 3.63) is 60.7 Å². The normalized spacial score (nSPS) is 16.1. The Morgan fingerprint density at radius 3 is 3.07 bits per heavy atom. The maximum atomic E-state index is 14.7. The van der Waals surface area contributed by atoms with Gasteiger partial charge in [0.1, 0.15) is 11.9 Å². The van der Waals surface area contributed by atoms with Gasteiger partial charge in [-0.15, -0.1) is 0 Å². The van der Waals surface area contributed by atoms with Gasteiger partial charge in [0.25, 0.3) is 0 Å². The summed E-state index contributed by atoms with van der Waals surface area (Å²) in [6, 6.07) is 6.39. The van der Waals surface area contributed by atoms with Crippen molar-refractivity contribution in [1.82, 2.24) is 19.3 Å². The molecule has 142 valence electrons. The molecule has 1 aromatic carbocycles. The van der Waals surface area contributed by atoms with Crippen molar-refractivity contribution >= 4 is 29.2 Å². The van der Waals surface area contributed by atoms with Crippen LogP contribution in [-0.4, -0.2) is 49.8 Å². The van der Waals surface area contributed by atoms with E-state index < -0.39 is 18.0 Å². The summed E-state index contributed by atoms with van der Waals surface area (Å²) >= 11 is 4.52. The fourth-order valence-electron chi connectivity index (χ4n) is 2.98. The first kappa shape index (κ1) is 18.0. The molecule has 3 heterocycles. The van der Waals surface area contributed by atoms with E-state index in [2.05, 4.69) is 32.5 Å². The van der Waals surface area contributed by atoms with E-state index in [1.54, 1.807) is 40.1 Å². The molecule has 0 spiro atoms. The summed E-state index contributed by atoms with van der Waals surface area (Å²) in [4.78, 5) is 21.5. The van der Waals surface area contributed by atoms with Crippen LogP contribution in [-0.2, 0) is 11.3 Å². The third-order valence-electron chi connectivity index (χ3n) is 4.27. The number of cyclic esters (lactones) is 1. The summed E-state index contributed by atoms with van der Waals surface area (Å²) < 4.78 is 23.2. The van der Waals surface area contributed by atoms with Crippen LogP contribution in [0.1, 0.15) is 5.69 Å². The van der Waals surface area contributed by atoms with E-state index in [1.165, 1.54) is 11.0 Å². The lowest BCUT2D eigenvalue weighted by Crippen LogP contribution is -2.25. The zero-order valence-electron chi connectivity index (χ0n) is 14.6. The number of nitrogens with zero attached hydrogens (tertiary/aromatic N) is 6. The molecule has 1 unspecified atom stereocenters. The number of carbonyl (C=O) groups is 1. The minimum Gasteiger partial charge on any atom is -0.442 e. The average Bonchev–Trinajstić information content (AvgIpc) is 3.42. The van der Waals surface area contributed by atoms with Gasteiger partial charge in [-0.05, 0) is 36.5 Å². The summed E-state index contributed by atoms with van der Waals surface area (Å²) in [5, 5.41) is 6.37. The van der Waals surface area contributed by atoms with Crippen molar-refractivity contribution in [3.63, 3.8) is 0 Å². The number of ether oxygens (including phenoxy) is 1. The smallest absolute Gasteiger partial charge is 0.414 e. The molecule has 0 N–H and O–H groups in total. The molecule has 0 saturated carbocycles. The van der Waals surface area contributed by atoms with Crippen LogP contribution in [0.4, 0.5) is 14.9 Å². The number of aliphatic imine (C=N–C) groups is 1. The summed E-state index contributed by atoms with van der Waals surface area (Å²) in [6.07, 6.45) is 5.83. The first-order valence-electron chi connectivity index (χ1n) is 8.46. The van der Waals surface area contributed by atoms with E-state index in [0.29, 0.717) is 17.9 Å². The fraction of sp³-hybridized carbons (Fsp3) is 0.222. The van der Waals surface area contributed by atoms with Crippen molar-refractivity contribution in [3.8, 4) is 5.69 Å². The van der Waals surface area contributed by atoms with E-state index in [0.717, 1.165) is 5.69 Å². The van der Waals surface area contributed by atoms with Gasteiger partial charge in [0, 0.05) is 18.6 Å². The second-order valence-electron chi connectivity index (χ2n) is 6.16. The molecule has 28 heavy (non-hydrogen) atoms. The summed E-state index contributed by atoms with van der Waals surface area (Å²) in [5.41, 5.74) is 1.49. The monoisotopic (exact) mass is 398 g/mol. The van der Waals surface area contributed by atoms with Crippen LogP contribution in [0.2, 0.25) is 0 Å². The van der Waals surface area contributed by atoms with E-state index in [-0.39, 0.29) is 13.1 Å². The molecule has 3 aromatic rings. The number of thiocarbonyl (C=S) groups is 1. The standard InChI is InChI=1S/C18H15FN6O2S/c19-16-6-14(25-10-15(7-20-12-28)27-18(25)26)2-3-17(16)23-8-13(21-11-23)9-24-5-1-4-22-24/h1-6,8,11,15H,7,9-10H2. The summed E-state index contributed by atoms with van der Waals surface area (Å²) in [5.74, 6) is -0.478. The molecular weight excluding hydrogens is 383 g/mol. The molecule has 1 fully saturated rings. The van der Waals surface area contributed by atoms with E-state index in [4.69, 9.17) is 4.74 Å². The Labute approximate surface area is 164 Å². The van der Waals surface area contributed by atoms with Crippen LogP contribution in [0.3, 0.4) is 0 Å². The molecule has 1 amide bonds. The largest absolute Gasteiger partial charge is 0.442 e. The van der Waals surface area contributed by atoms with Crippen LogP contribution in [0, 0.1) is 5.82 Å². The number of halogens is 1. The van der Waals surface area contributed by atoms with Crippen molar-refractivity contribution in [2.24, 2.45) is 4.99 Å². The van der Waals surface area contributed by atoms with Crippen LogP contribution in [0.15, 0.2) is 54.2 Å². The molecule has 8 nitrogen and oxygen atoms in total. The number of amides is 1. The molecule has 2 aromatic heterocycles. The van der Waals surface area contributed by atoms with Gasteiger partial charge in [-0.2, -0.15) is 5.10 Å². The Balaban J connectivity index is 1.51. The van der Waals surface area contributed by atoms with Gasteiger partial charge in [-0.3, -0.25) is 9.58 Å².